The van der Waals surface area contributed by atoms with Gasteiger partial charge < -0.3 is 5.32 Å². The minimum atomic E-state index is 0.692. The number of nitrogens with zero attached hydrogens (tertiary/aromatic N) is 2. The Morgan fingerprint density at radius 2 is 2.35 bits per heavy atom. The molecule has 1 N–H and O–H groups in total. The maximum atomic E-state index is 4.21. The van der Waals surface area contributed by atoms with Crippen LogP contribution in [0.25, 0.3) is 0 Å². The molecule has 0 aromatic carbocycles. The third-order valence-electron chi connectivity index (χ3n) is 4.31. The van der Waals surface area contributed by atoms with Crippen LogP contribution in [0.15, 0.2) is 18.5 Å². The topological polar surface area (TPSA) is 28.2 Å². The summed E-state index contributed by atoms with van der Waals surface area (Å²) >= 11 is 0. The Labute approximate surface area is 103 Å². The molecule has 2 aliphatic rings. The molecule has 0 amide bonds. The first-order valence-corrected chi connectivity index (χ1v) is 6.71. The monoisotopic (exact) mass is 231 g/mol. The van der Waals surface area contributed by atoms with E-state index in [4.69, 9.17) is 0 Å². The molecule has 2 fully saturated rings. The van der Waals surface area contributed by atoms with Crippen LogP contribution >= 0.6 is 0 Å². The summed E-state index contributed by atoms with van der Waals surface area (Å²) in [6.45, 7) is 5.73. The highest BCUT2D eigenvalue weighted by Gasteiger charge is 2.36. The van der Waals surface area contributed by atoms with Crippen LogP contribution in [0.1, 0.15) is 30.4 Å². The molecular weight excluding hydrogens is 210 g/mol. The van der Waals surface area contributed by atoms with E-state index in [0.717, 1.165) is 12.6 Å². The molecule has 1 aromatic heterocycles. The zero-order chi connectivity index (χ0) is 11.7. The van der Waals surface area contributed by atoms with Gasteiger partial charge in [0.1, 0.15) is 0 Å². The summed E-state index contributed by atoms with van der Waals surface area (Å²) in [5.74, 6) is 0. The molecule has 0 aliphatic carbocycles. The minimum Gasteiger partial charge on any atom is -0.308 e. The Kier molecular flexibility index (Phi) is 3.12. The summed E-state index contributed by atoms with van der Waals surface area (Å²) in [4.78, 5) is 6.85. The first-order chi connectivity index (χ1) is 8.34. The van der Waals surface area contributed by atoms with Crippen molar-refractivity contribution in [2.45, 2.75) is 44.8 Å². The number of hydrogen-bond acceptors (Lipinski definition) is 3. The fraction of sp³-hybridized carbons (Fsp3) is 0.643. The lowest BCUT2D eigenvalue weighted by atomic mass is 10.1. The van der Waals surface area contributed by atoms with Crippen LogP contribution in [-0.2, 0) is 6.54 Å². The van der Waals surface area contributed by atoms with E-state index in [1.807, 2.05) is 12.4 Å². The molecule has 2 unspecified atom stereocenters. The van der Waals surface area contributed by atoms with E-state index in [0.29, 0.717) is 6.04 Å². The zero-order valence-corrected chi connectivity index (χ0v) is 10.5. The van der Waals surface area contributed by atoms with E-state index in [-0.39, 0.29) is 0 Å². The van der Waals surface area contributed by atoms with Gasteiger partial charge in [-0.1, -0.05) is 0 Å². The van der Waals surface area contributed by atoms with Gasteiger partial charge in [-0.2, -0.15) is 0 Å². The van der Waals surface area contributed by atoms with Crippen molar-refractivity contribution < 1.29 is 0 Å². The summed E-state index contributed by atoms with van der Waals surface area (Å²) in [5, 5.41) is 3.73. The lowest BCUT2D eigenvalue weighted by Crippen LogP contribution is -2.38. The molecule has 1 aromatic rings. The molecule has 3 heterocycles. The number of rotatable bonds is 3. The molecule has 3 heteroatoms. The van der Waals surface area contributed by atoms with Gasteiger partial charge in [0.2, 0.25) is 0 Å². The quantitative estimate of drug-likeness (QED) is 0.858. The van der Waals surface area contributed by atoms with Gasteiger partial charge in [0, 0.05) is 37.6 Å². The van der Waals surface area contributed by atoms with Crippen molar-refractivity contribution in [3.05, 3.63) is 29.6 Å². The highest BCUT2D eigenvalue weighted by Crippen LogP contribution is 2.28. The molecule has 0 bridgehead atoms. The van der Waals surface area contributed by atoms with Gasteiger partial charge in [-0.3, -0.25) is 9.88 Å². The van der Waals surface area contributed by atoms with Gasteiger partial charge in [-0.05, 0) is 49.9 Å². The van der Waals surface area contributed by atoms with Gasteiger partial charge in [0.25, 0.3) is 0 Å². The van der Waals surface area contributed by atoms with Gasteiger partial charge in [0.05, 0.1) is 0 Å². The number of aryl methyl sites for hydroxylation is 1. The second-order valence-electron chi connectivity index (χ2n) is 5.32. The van der Waals surface area contributed by atoms with Crippen molar-refractivity contribution in [1.82, 2.24) is 15.2 Å². The fourth-order valence-electron chi connectivity index (χ4n) is 3.24. The molecule has 17 heavy (non-hydrogen) atoms. The summed E-state index contributed by atoms with van der Waals surface area (Å²) in [7, 11) is 0. The standard InChI is InChI=1S/C14H21N3/c1-11-4-6-15-9-12(11)10-16-13-5-8-17-7-2-3-14(13)17/h4,6,9,13-14,16H,2-3,5,7-8,10H2,1H3. The second-order valence-corrected chi connectivity index (χ2v) is 5.32. The highest BCUT2D eigenvalue weighted by molar-refractivity contribution is 5.21. The van der Waals surface area contributed by atoms with Crippen LogP contribution in [0.5, 0.6) is 0 Å². The van der Waals surface area contributed by atoms with Crippen molar-refractivity contribution in [3.8, 4) is 0 Å². The normalized spacial score (nSPS) is 28.5. The smallest absolute Gasteiger partial charge is 0.0315 e. The fourth-order valence-corrected chi connectivity index (χ4v) is 3.24. The Balaban J connectivity index is 1.60. The van der Waals surface area contributed by atoms with E-state index >= 15 is 0 Å². The van der Waals surface area contributed by atoms with Crippen molar-refractivity contribution in [2.24, 2.45) is 0 Å². The molecule has 2 aliphatic heterocycles. The molecular formula is C14H21N3. The lowest BCUT2D eigenvalue weighted by Gasteiger charge is -2.21. The van der Waals surface area contributed by atoms with E-state index in [1.54, 1.807) is 0 Å². The predicted octanol–water partition coefficient (Wildman–Crippen LogP) is 1.72. The van der Waals surface area contributed by atoms with Crippen LogP contribution in [0, 0.1) is 6.92 Å². The van der Waals surface area contributed by atoms with Crippen LogP contribution in [-0.4, -0.2) is 35.1 Å². The predicted molar refractivity (Wildman–Crippen MR) is 68.8 cm³/mol. The maximum absolute atomic E-state index is 4.21. The van der Waals surface area contributed by atoms with Gasteiger partial charge in [0.15, 0.2) is 0 Å². The average molecular weight is 231 g/mol. The number of nitrogens with one attached hydrogen (secondary N) is 1. The SMILES string of the molecule is Cc1ccncc1CNC1CCN2CCCC12. The van der Waals surface area contributed by atoms with Gasteiger partial charge in [-0.15, -0.1) is 0 Å². The summed E-state index contributed by atoms with van der Waals surface area (Å²) in [5.41, 5.74) is 2.68. The highest BCUT2D eigenvalue weighted by atomic mass is 15.2. The number of pyridine rings is 1. The summed E-state index contributed by atoms with van der Waals surface area (Å²) in [6, 6.07) is 3.58. The Morgan fingerprint density at radius 1 is 1.41 bits per heavy atom. The first kappa shape index (κ1) is 11.2. The lowest BCUT2D eigenvalue weighted by molar-refractivity contribution is 0.298. The van der Waals surface area contributed by atoms with Crippen molar-refractivity contribution in [1.29, 1.82) is 0 Å². The van der Waals surface area contributed by atoms with Gasteiger partial charge >= 0.3 is 0 Å². The number of hydrogen-bond donors (Lipinski definition) is 1. The van der Waals surface area contributed by atoms with Crippen molar-refractivity contribution in [2.75, 3.05) is 13.1 Å². The van der Waals surface area contributed by atoms with Gasteiger partial charge in [-0.25, -0.2) is 0 Å². The first-order valence-electron chi connectivity index (χ1n) is 6.71. The van der Waals surface area contributed by atoms with E-state index < -0.39 is 0 Å². The van der Waals surface area contributed by atoms with Crippen molar-refractivity contribution >= 4 is 0 Å². The second kappa shape index (κ2) is 4.75. The maximum Gasteiger partial charge on any atom is 0.0315 e. The Hall–Kier alpha value is -0.930. The number of fused-ring (bicyclic) bond motifs is 1. The molecule has 3 rings (SSSR count). The number of aromatic nitrogens is 1. The largest absolute Gasteiger partial charge is 0.308 e. The third kappa shape index (κ3) is 2.22. The molecule has 2 atom stereocenters. The Morgan fingerprint density at radius 3 is 3.24 bits per heavy atom. The molecule has 92 valence electrons. The zero-order valence-electron chi connectivity index (χ0n) is 10.5. The van der Waals surface area contributed by atoms with Crippen LogP contribution < -0.4 is 5.32 Å². The molecule has 0 spiro atoms. The Bertz CT molecular complexity index is 391. The van der Waals surface area contributed by atoms with Crippen molar-refractivity contribution in [3.63, 3.8) is 0 Å². The van der Waals surface area contributed by atoms with Crippen LogP contribution in [0.4, 0.5) is 0 Å². The summed E-state index contributed by atoms with van der Waals surface area (Å²) in [6.07, 6.45) is 7.93. The molecule has 2 saturated heterocycles. The van der Waals surface area contributed by atoms with E-state index in [9.17, 15) is 0 Å². The molecule has 0 radical (unpaired) electrons. The average Bonchev–Trinajstić information content (AvgIpc) is 2.91. The van der Waals surface area contributed by atoms with Crippen LogP contribution in [0.3, 0.4) is 0 Å². The molecule has 3 nitrogen and oxygen atoms in total. The minimum absolute atomic E-state index is 0.692. The van der Waals surface area contributed by atoms with E-state index in [1.165, 1.54) is 43.5 Å². The van der Waals surface area contributed by atoms with Crippen LogP contribution in [0.2, 0.25) is 0 Å². The van der Waals surface area contributed by atoms with E-state index in [2.05, 4.69) is 28.2 Å². The third-order valence-corrected chi connectivity index (χ3v) is 4.31. The molecule has 0 saturated carbocycles. The summed E-state index contributed by atoms with van der Waals surface area (Å²) < 4.78 is 0.